The van der Waals surface area contributed by atoms with Crippen molar-refractivity contribution in [1.82, 2.24) is 10.3 Å². The molecule has 2 heterocycles. The normalized spacial score (nSPS) is 22.1. The first-order valence-corrected chi connectivity index (χ1v) is 7.12. The SMILES string of the molecule is OC(c1ccc2ccccc2n1)C1CCCCCN1. The van der Waals surface area contributed by atoms with Gasteiger partial charge >= 0.3 is 0 Å². The molecule has 1 saturated heterocycles. The molecule has 1 aliphatic heterocycles. The molecule has 1 fully saturated rings. The van der Waals surface area contributed by atoms with E-state index in [0.29, 0.717) is 0 Å². The molecule has 1 aromatic carbocycles. The summed E-state index contributed by atoms with van der Waals surface area (Å²) in [6.07, 6.45) is 4.15. The van der Waals surface area contributed by atoms with Gasteiger partial charge in [0.25, 0.3) is 0 Å². The van der Waals surface area contributed by atoms with Crippen LogP contribution in [0.25, 0.3) is 10.9 Å². The van der Waals surface area contributed by atoms with Crippen LogP contribution < -0.4 is 5.32 Å². The Kier molecular flexibility index (Phi) is 3.76. The number of aliphatic hydroxyl groups is 1. The third-order valence-corrected chi connectivity index (χ3v) is 3.90. The van der Waals surface area contributed by atoms with Crippen LogP contribution in [0.1, 0.15) is 37.5 Å². The van der Waals surface area contributed by atoms with E-state index in [0.717, 1.165) is 29.6 Å². The average Bonchev–Trinajstić information content (AvgIpc) is 2.75. The molecule has 1 aliphatic rings. The maximum Gasteiger partial charge on any atom is 0.111 e. The quantitative estimate of drug-likeness (QED) is 0.868. The number of nitrogens with zero attached hydrogens (tertiary/aromatic N) is 1. The minimum absolute atomic E-state index is 0.135. The number of hydrogen-bond donors (Lipinski definition) is 2. The fraction of sp³-hybridized carbons (Fsp3) is 0.438. The number of benzene rings is 1. The van der Waals surface area contributed by atoms with E-state index in [2.05, 4.69) is 10.3 Å². The van der Waals surface area contributed by atoms with Gasteiger partial charge in [0.1, 0.15) is 6.10 Å². The average molecular weight is 256 g/mol. The number of nitrogens with one attached hydrogen (secondary N) is 1. The Morgan fingerprint density at radius 1 is 1.11 bits per heavy atom. The molecule has 3 heteroatoms. The summed E-state index contributed by atoms with van der Waals surface area (Å²) in [5, 5.41) is 15.1. The number of rotatable bonds is 2. The Morgan fingerprint density at radius 2 is 2.00 bits per heavy atom. The minimum atomic E-state index is -0.511. The van der Waals surface area contributed by atoms with Crippen LogP contribution >= 0.6 is 0 Å². The Bertz CT molecular complexity index is 547. The van der Waals surface area contributed by atoms with Crippen molar-refractivity contribution in [3.63, 3.8) is 0 Å². The highest BCUT2D eigenvalue weighted by atomic mass is 16.3. The van der Waals surface area contributed by atoms with Crippen LogP contribution in [0.15, 0.2) is 36.4 Å². The number of aliphatic hydroxyl groups excluding tert-OH is 1. The van der Waals surface area contributed by atoms with E-state index in [1.165, 1.54) is 19.3 Å². The molecule has 0 spiro atoms. The summed E-state index contributed by atoms with van der Waals surface area (Å²) >= 11 is 0. The molecular weight excluding hydrogens is 236 g/mol. The monoisotopic (exact) mass is 256 g/mol. The maximum atomic E-state index is 10.5. The zero-order valence-corrected chi connectivity index (χ0v) is 11.0. The Balaban J connectivity index is 1.85. The maximum absolute atomic E-state index is 10.5. The number of hydrogen-bond acceptors (Lipinski definition) is 3. The Morgan fingerprint density at radius 3 is 2.95 bits per heavy atom. The predicted molar refractivity (Wildman–Crippen MR) is 77.0 cm³/mol. The van der Waals surface area contributed by atoms with E-state index in [1.807, 2.05) is 36.4 Å². The highest BCUT2D eigenvalue weighted by molar-refractivity contribution is 5.78. The van der Waals surface area contributed by atoms with Crippen LogP contribution in [0.4, 0.5) is 0 Å². The first-order chi connectivity index (χ1) is 9.34. The third kappa shape index (κ3) is 2.77. The van der Waals surface area contributed by atoms with Crippen molar-refractivity contribution < 1.29 is 5.11 Å². The largest absolute Gasteiger partial charge is 0.385 e. The van der Waals surface area contributed by atoms with Gasteiger partial charge in [0.15, 0.2) is 0 Å². The fourth-order valence-corrected chi connectivity index (χ4v) is 2.78. The van der Waals surface area contributed by atoms with Crippen molar-refractivity contribution in [2.75, 3.05) is 6.54 Å². The molecule has 0 aliphatic carbocycles. The van der Waals surface area contributed by atoms with Crippen molar-refractivity contribution in [3.8, 4) is 0 Å². The zero-order chi connectivity index (χ0) is 13.1. The summed E-state index contributed by atoms with van der Waals surface area (Å²) < 4.78 is 0. The Hall–Kier alpha value is -1.45. The lowest BCUT2D eigenvalue weighted by Gasteiger charge is -2.22. The van der Waals surface area contributed by atoms with Crippen LogP contribution in [0.5, 0.6) is 0 Å². The fourth-order valence-electron chi connectivity index (χ4n) is 2.78. The molecule has 2 N–H and O–H groups in total. The second-order valence-corrected chi connectivity index (χ2v) is 5.28. The van der Waals surface area contributed by atoms with E-state index >= 15 is 0 Å². The molecule has 19 heavy (non-hydrogen) atoms. The molecule has 2 atom stereocenters. The topological polar surface area (TPSA) is 45.2 Å². The second-order valence-electron chi connectivity index (χ2n) is 5.28. The summed E-state index contributed by atoms with van der Waals surface area (Å²) in [7, 11) is 0. The van der Waals surface area contributed by atoms with Crippen molar-refractivity contribution in [3.05, 3.63) is 42.1 Å². The molecule has 2 aromatic rings. The lowest BCUT2D eigenvalue weighted by Crippen LogP contribution is -2.34. The van der Waals surface area contributed by atoms with Gasteiger partial charge < -0.3 is 10.4 Å². The van der Waals surface area contributed by atoms with Crippen molar-refractivity contribution in [2.45, 2.75) is 37.8 Å². The number of aromatic nitrogens is 1. The zero-order valence-electron chi connectivity index (χ0n) is 11.0. The van der Waals surface area contributed by atoms with Crippen molar-refractivity contribution in [1.29, 1.82) is 0 Å². The standard InChI is InChI=1S/C16H20N2O/c19-16(14-8-2-1-5-11-17-14)15-10-9-12-6-3-4-7-13(12)18-15/h3-4,6-7,9-10,14,16-17,19H,1-2,5,8,11H2. The minimum Gasteiger partial charge on any atom is -0.385 e. The molecule has 1 aromatic heterocycles. The van der Waals surface area contributed by atoms with Gasteiger partial charge in [0.05, 0.1) is 11.2 Å². The molecule has 100 valence electrons. The van der Waals surface area contributed by atoms with E-state index in [1.54, 1.807) is 0 Å². The van der Waals surface area contributed by atoms with E-state index in [4.69, 9.17) is 0 Å². The first kappa shape index (κ1) is 12.6. The molecule has 0 radical (unpaired) electrons. The molecule has 3 rings (SSSR count). The molecule has 0 saturated carbocycles. The molecule has 0 amide bonds. The molecular formula is C16H20N2O. The summed E-state index contributed by atoms with van der Waals surface area (Å²) in [4.78, 5) is 4.59. The van der Waals surface area contributed by atoms with Gasteiger partial charge in [-0.15, -0.1) is 0 Å². The third-order valence-electron chi connectivity index (χ3n) is 3.90. The van der Waals surface area contributed by atoms with Gasteiger partial charge in [-0.2, -0.15) is 0 Å². The highest BCUT2D eigenvalue weighted by Crippen LogP contribution is 2.23. The second kappa shape index (κ2) is 5.68. The summed E-state index contributed by atoms with van der Waals surface area (Å²) in [6, 6.07) is 12.1. The number of fused-ring (bicyclic) bond motifs is 1. The predicted octanol–water partition coefficient (Wildman–Crippen LogP) is 2.80. The lowest BCUT2D eigenvalue weighted by atomic mass is 10.0. The van der Waals surface area contributed by atoms with E-state index in [9.17, 15) is 5.11 Å². The van der Waals surface area contributed by atoms with Crippen LogP contribution in [-0.4, -0.2) is 22.7 Å². The summed E-state index contributed by atoms with van der Waals surface area (Å²) in [5.74, 6) is 0. The van der Waals surface area contributed by atoms with Gasteiger partial charge in [-0.3, -0.25) is 4.98 Å². The summed E-state index contributed by atoms with van der Waals surface area (Å²) in [6.45, 7) is 0.995. The lowest BCUT2D eigenvalue weighted by molar-refractivity contribution is 0.122. The van der Waals surface area contributed by atoms with E-state index in [-0.39, 0.29) is 6.04 Å². The Labute approximate surface area is 113 Å². The molecule has 0 bridgehead atoms. The number of pyridine rings is 1. The van der Waals surface area contributed by atoms with Crippen LogP contribution in [0.3, 0.4) is 0 Å². The van der Waals surface area contributed by atoms with Crippen LogP contribution in [0, 0.1) is 0 Å². The first-order valence-electron chi connectivity index (χ1n) is 7.12. The van der Waals surface area contributed by atoms with E-state index < -0.39 is 6.10 Å². The van der Waals surface area contributed by atoms with Crippen LogP contribution in [0.2, 0.25) is 0 Å². The smallest absolute Gasteiger partial charge is 0.111 e. The van der Waals surface area contributed by atoms with Gasteiger partial charge in [-0.25, -0.2) is 0 Å². The van der Waals surface area contributed by atoms with Crippen LogP contribution in [-0.2, 0) is 0 Å². The molecule has 2 unspecified atom stereocenters. The number of para-hydroxylation sites is 1. The van der Waals surface area contributed by atoms with Gasteiger partial charge in [-0.1, -0.05) is 37.1 Å². The highest BCUT2D eigenvalue weighted by Gasteiger charge is 2.22. The summed E-state index contributed by atoms with van der Waals surface area (Å²) in [5.41, 5.74) is 1.73. The molecule has 3 nitrogen and oxygen atoms in total. The van der Waals surface area contributed by atoms with Gasteiger partial charge in [0.2, 0.25) is 0 Å². The van der Waals surface area contributed by atoms with Gasteiger partial charge in [-0.05, 0) is 31.5 Å². The van der Waals surface area contributed by atoms with Crippen molar-refractivity contribution in [2.24, 2.45) is 0 Å². The van der Waals surface area contributed by atoms with Gasteiger partial charge in [0, 0.05) is 11.4 Å². The van der Waals surface area contributed by atoms with Crippen molar-refractivity contribution >= 4 is 10.9 Å².